The van der Waals surface area contributed by atoms with Crippen LogP contribution >= 0.6 is 23.2 Å². The van der Waals surface area contributed by atoms with Gasteiger partial charge in [-0.1, -0.05) is 23.2 Å². The van der Waals surface area contributed by atoms with Gasteiger partial charge in [0.15, 0.2) is 5.70 Å². The minimum Gasteiger partial charge on any atom is -0.444 e. The predicted molar refractivity (Wildman–Crippen MR) is 73.8 cm³/mol. The van der Waals surface area contributed by atoms with Crippen LogP contribution in [0.5, 0.6) is 0 Å². The van der Waals surface area contributed by atoms with Crippen molar-refractivity contribution in [1.29, 1.82) is 5.26 Å². The van der Waals surface area contributed by atoms with Crippen molar-refractivity contribution in [2.75, 3.05) is 13.1 Å². The molecule has 2 amide bonds. The summed E-state index contributed by atoms with van der Waals surface area (Å²) in [5.74, 6) is -0.807. The van der Waals surface area contributed by atoms with Crippen LogP contribution in [0.2, 0.25) is 0 Å². The first kappa shape index (κ1) is 16.6. The zero-order valence-corrected chi connectivity index (χ0v) is 12.9. The molecule has 1 saturated heterocycles. The number of ether oxygens (including phenoxy) is 1. The number of nitrogens with one attached hydrogen (secondary N) is 1. The topological polar surface area (TPSA) is 82.4 Å². The van der Waals surface area contributed by atoms with Crippen molar-refractivity contribution in [2.24, 2.45) is 5.92 Å². The van der Waals surface area contributed by atoms with Gasteiger partial charge in [-0.15, -0.1) is 0 Å². The molecule has 1 rings (SSSR count). The minimum atomic E-state index is -0.576. The van der Waals surface area contributed by atoms with Crippen molar-refractivity contribution in [2.45, 2.75) is 26.4 Å². The summed E-state index contributed by atoms with van der Waals surface area (Å²) in [7, 11) is 0. The van der Waals surface area contributed by atoms with E-state index in [1.165, 1.54) is 4.90 Å². The third-order valence-electron chi connectivity index (χ3n) is 2.45. The monoisotopic (exact) mass is 319 g/mol. The van der Waals surface area contributed by atoms with Crippen molar-refractivity contribution in [1.82, 2.24) is 10.2 Å². The van der Waals surface area contributed by atoms with Crippen molar-refractivity contribution in [3.05, 3.63) is 10.2 Å². The molecule has 0 aromatic carbocycles. The highest BCUT2D eigenvalue weighted by atomic mass is 35.5. The largest absolute Gasteiger partial charge is 0.444 e. The number of allylic oxidation sites excluding steroid dienone is 1. The van der Waals surface area contributed by atoms with Crippen LogP contribution in [0.15, 0.2) is 10.2 Å². The van der Waals surface area contributed by atoms with Crippen molar-refractivity contribution < 1.29 is 14.3 Å². The molecule has 1 fully saturated rings. The predicted octanol–water partition coefficient (Wildman–Crippen LogP) is 2.14. The molecule has 0 aliphatic carbocycles. The summed E-state index contributed by atoms with van der Waals surface area (Å²) < 4.78 is 4.86. The fraction of sp³-hybridized carbons (Fsp3) is 0.583. The second-order valence-electron chi connectivity index (χ2n) is 5.32. The first-order valence-electron chi connectivity index (χ1n) is 5.88. The van der Waals surface area contributed by atoms with Gasteiger partial charge in [-0.3, -0.25) is 4.79 Å². The number of likely N-dealkylation sites (tertiary alicyclic amines) is 1. The summed E-state index contributed by atoms with van der Waals surface area (Å²) in [6.45, 7) is 5.77. The summed E-state index contributed by atoms with van der Waals surface area (Å²) in [6, 6.07) is 1.68. The van der Waals surface area contributed by atoms with Crippen LogP contribution < -0.4 is 5.32 Å². The molecule has 0 bridgehead atoms. The molecule has 1 aliphatic heterocycles. The number of halogens is 2. The molecule has 0 spiro atoms. The number of carbonyl (C=O) groups is 2. The number of amides is 2. The molecule has 20 heavy (non-hydrogen) atoms. The molecule has 6 nitrogen and oxygen atoms in total. The molecule has 1 N–H and O–H groups in total. The molecular formula is C12H15Cl2N3O3. The number of nitrogens with zero attached hydrogens (tertiary/aromatic N) is 2. The number of hydrogen-bond donors (Lipinski definition) is 1. The Hall–Kier alpha value is -1.45. The standard InChI is InChI=1S/C12H15Cl2N3O3/c1-12(2,3)20-11(19)17-5-7(6-17)10(18)16-8(4-15)9(13)14/h7H,5-6H2,1-3H3,(H,16,18). The van der Waals surface area contributed by atoms with Gasteiger partial charge in [0.25, 0.3) is 0 Å². The van der Waals surface area contributed by atoms with E-state index in [-0.39, 0.29) is 23.3 Å². The Kier molecular flexibility index (Phi) is 5.26. The van der Waals surface area contributed by atoms with Gasteiger partial charge in [0.1, 0.15) is 16.2 Å². The molecule has 8 heteroatoms. The van der Waals surface area contributed by atoms with Gasteiger partial charge in [-0.2, -0.15) is 5.26 Å². The molecule has 0 saturated carbocycles. The highest BCUT2D eigenvalue weighted by molar-refractivity contribution is 6.56. The average Bonchev–Trinajstić information content (AvgIpc) is 2.20. The smallest absolute Gasteiger partial charge is 0.410 e. The Morgan fingerprint density at radius 2 is 1.90 bits per heavy atom. The Morgan fingerprint density at radius 1 is 1.35 bits per heavy atom. The number of carbonyl (C=O) groups excluding carboxylic acids is 2. The first-order chi connectivity index (χ1) is 9.14. The summed E-state index contributed by atoms with van der Waals surface area (Å²) in [5.41, 5.74) is -0.776. The minimum absolute atomic E-state index is 0.200. The van der Waals surface area contributed by atoms with Gasteiger partial charge in [-0.25, -0.2) is 4.79 Å². The van der Waals surface area contributed by atoms with Gasteiger partial charge in [-0.05, 0) is 20.8 Å². The third-order valence-corrected chi connectivity index (χ3v) is 2.83. The van der Waals surface area contributed by atoms with E-state index in [1.54, 1.807) is 26.8 Å². The molecule has 1 aliphatic rings. The van der Waals surface area contributed by atoms with Crippen molar-refractivity contribution >= 4 is 35.2 Å². The fourth-order valence-electron chi connectivity index (χ4n) is 1.46. The summed E-state index contributed by atoms with van der Waals surface area (Å²) >= 11 is 10.9. The van der Waals surface area contributed by atoms with Crippen LogP contribution in [0.25, 0.3) is 0 Å². The molecular weight excluding hydrogens is 305 g/mol. The van der Waals surface area contributed by atoms with E-state index in [2.05, 4.69) is 5.32 Å². The van der Waals surface area contributed by atoms with Crippen LogP contribution in [-0.4, -0.2) is 35.6 Å². The van der Waals surface area contributed by atoms with Crippen LogP contribution in [0.3, 0.4) is 0 Å². The van der Waals surface area contributed by atoms with Crippen molar-refractivity contribution in [3.8, 4) is 6.07 Å². The molecule has 0 radical (unpaired) electrons. The van der Waals surface area contributed by atoms with Crippen molar-refractivity contribution in [3.63, 3.8) is 0 Å². The summed E-state index contributed by atoms with van der Waals surface area (Å²) in [5, 5.41) is 11.0. The quantitative estimate of drug-likeness (QED) is 0.790. The lowest BCUT2D eigenvalue weighted by atomic mass is 10.00. The van der Waals surface area contributed by atoms with E-state index < -0.39 is 23.5 Å². The normalized spacial score (nSPS) is 14.9. The third kappa shape index (κ3) is 4.58. The number of nitriles is 1. The summed E-state index contributed by atoms with van der Waals surface area (Å²) in [6.07, 6.45) is -0.465. The SMILES string of the molecule is CC(C)(C)OC(=O)N1CC(C(=O)NC(C#N)=C(Cl)Cl)C1. The zero-order valence-electron chi connectivity index (χ0n) is 11.4. The number of rotatable bonds is 2. The fourth-order valence-corrected chi connectivity index (χ4v) is 1.64. The van der Waals surface area contributed by atoms with Crippen LogP contribution in [0, 0.1) is 17.2 Å². The van der Waals surface area contributed by atoms with E-state index in [4.69, 9.17) is 33.2 Å². The van der Waals surface area contributed by atoms with E-state index >= 15 is 0 Å². The molecule has 0 atom stereocenters. The Labute approximate surface area is 127 Å². The maximum absolute atomic E-state index is 11.8. The molecule has 0 aromatic rings. The molecule has 0 aromatic heterocycles. The summed E-state index contributed by atoms with van der Waals surface area (Å²) in [4.78, 5) is 24.8. The van der Waals surface area contributed by atoms with E-state index in [0.29, 0.717) is 0 Å². The highest BCUT2D eigenvalue weighted by Crippen LogP contribution is 2.20. The van der Waals surface area contributed by atoms with Gasteiger partial charge in [0.05, 0.1) is 5.92 Å². The lowest BCUT2D eigenvalue weighted by Gasteiger charge is -2.38. The van der Waals surface area contributed by atoms with E-state index in [9.17, 15) is 9.59 Å². The van der Waals surface area contributed by atoms with Gasteiger partial charge >= 0.3 is 6.09 Å². The molecule has 0 unspecified atom stereocenters. The maximum atomic E-state index is 11.8. The Morgan fingerprint density at radius 3 is 2.30 bits per heavy atom. The Bertz CT molecular complexity index is 481. The second-order valence-corrected chi connectivity index (χ2v) is 6.27. The van der Waals surface area contributed by atoms with E-state index in [0.717, 1.165) is 0 Å². The zero-order chi connectivity index (χ0) is 15.5. The van der Waals surface area contributed by atoms with E-state index in [1.807, 2.05) is 0 Å². The van der Waals surface area contributed by atoms with Crippen LogP contribution in [0.4, 0.5) is 4.79 Å². The van der Waals surface area contributed by atoms with Crippen LogP contribution in [-0.2, 0) is 9.53 Å². The molecule has 1 heterocycles. The second kappa shape index (κ2) is 6.33. The lowest BCUT2D eigenvalue weighted by Crippen LogP contribution is -2.56. The number of hydrogen-bond acceptors (Lipinski definition) is 4. The van der Waals surface area contributed by atoms with Gasteiger partial charge in [0, 0.05) is 13.1 Å². The Balaban J connectivity index is 2.46. The van der Waals surface area contributed by atoms with Crippen LogP contribution in [0.1, 0.15) is 20.8 Å². The molecule has 110 valence electrons. The highest BCUT2D eigenvalue weighted by Gasteiger charge is 2.38. The van der Waals surface area contributed by atoms with Gasteiger partial charge < -0.3 is 15.0 Å². The maximum Gasteiger partial charge on any atom is 0.410 e. The average molecular weight is 320 g/mol. The first-order valence-corrected chi connectivity index (χ1v) is 6.64. The lowest BCUT2D eigenvalue weighted by molar-refractivity contribution is -0.128. The van der Waals surface area contributed by atoms with Gasteiger partial charge in [0.2, 0.25) is 5.91 Å².